The van der Waals surface area contributed by atoms with Gasteiger partial charge in [-0.3, -0.25) is 0 Å². The molecule has 0 spiro atoms. The van der Waals surface area contributed by atoms with Crippen LogP contribution in [0.3, 0.4) is 0 Å². The molecule has 3 rings (SSSR count). The molecule has 0 fully saturated rings. The molecule has 0 aliphatic heterocycles. The fourth-order valence-corrected chi connectivity index (χ4v) is 2.47. The number of imidazole rings is 1. The third-order valence-corrected chi connectivity index (χ3v) is 3.40. The van der Waals surface area contributed by atoms with Crippen LogP contribution in [0.4, 0.5) is 8.78 Å². The Morgan fingerprint density at radius 1 is 1.10 bits per heavy atom. The number of benzene rings is 2. The summed E-state index contributed by atoms with van der Waals surface area (Å²) in [5.41, 5.74) is 2.20. The first-order valence-corrected chi connectivity index (χ1v) is 6.48. The smallest absolute Gasteiger partial charge is 0.126 e. The maximum atomic E-state index is 13.2. The molecule has 1 heterocycles. The molecule has 0 amide bonds. The summed E-state index contributed by atoms with van der Waals surface area (Å²) < 4.78 is 28.4. The van der Waals surface area contributed by atoms with Crippen LogP contribution in [0, 0.1) is 18.6 Å². The summed E-state index contributed by atoms with van der Waals surface area (Å²) in [4.78, 5) is 4.41. The van der Waals surface area contributed by atoms with Gasteiger partial charge in [-0.05, 0) is 42.8 Å². The van der Waals surface area contributed by atoms with Crippen molar-refractivity contribution in [1.82, 2.24) is 9.55 Å². The molecule has 0 bridgehead atoms. The van der Waals surface area contributed by atoms with Crippen LogP contribution in [-0.4, -0.2) is 9.55 Å². The van der Waals surface area contributed by atoms with Gasteiger partial charge in [0.1, 0.15) is 17.5 Å². The van der Waals surface area contributed by atoms with E-state index in [1.807, 2.05) is 17.6 Å². The van der Waals surface area contributed by atoms with Crippen LogP contribution in [0.25, 0.3) is 11.0 Å². The molecule has 20 heavy (non-hydrogen) atoms. The highest BCUT2D eigenvalue weighted by molar-refractivity contribution is 6.31. The van der Waals surface area contributed by atoms with Gasteiger partial charge in [-0.2, -0.15) is 0 Å². The lowest BCUT2D eigenvalue weighted by Crippen LogP contribution is -2.03. The maximum absolute atomic E-state index is 13.2. The van der Waals surface area contributed by atoms with Crippen molar-refractivity contribution in [2.45, 2.75) is 13.5 Å². The molecule has 0 aliphatic carbocycles. The fraction of sp³-hybridized carbons (Fsp3) is 0.133. The first-order chi connectivity index (χ1) is 9.52. The molecule has 3 aromatic rings. The Balaban J connectivity index is 2.10. The van der Waals surface area contributed by atoms with Gasteiger partial charge in [-0.15, -0.1) is 0 Å². The van der Waals surface area contributed by atoms with Gasteiger partial charge < -0.3 is 4.57 Å². The van der Waals surface area contributed by atoms with Gasteiger partial charge in [0.05, 0.1) is 11.0 Å². The molecule has 0 saturated heterocycles. The summed E-state index contributed by atoms with van der Waals surface area (Å²) in [6.07, 6.45) is 0. The van der Waals surface area contributed by atoms with Crippen molar-refractivity contribution in [2.24, 2.45) is 0 Å². The van der Waals surface area contributed by atoms with Crippen LogP contribution in [-0.2, 0) is 6.54 Å². The van der Waals surface area contributed by atoms with Crippen molar-refractivity contribution in [3.63, 3.8) is 0 Å². The monoisotopic (exact) mass is 292 g/mol. The van der Waals surface area contributed by atoms with Crippen molar-refractivity contribution in [3.05, 3.63) is 64.4 Å². The number of halogens is 3. The molecule has 0 radical (unpaired) electrons. The number of nitrogens with zero attached hydrogens (tertiary/aromatic N) is 2. The Morgan fingerprint density at radius 3 is 2.50 bits per heavy atom. The lowest BCUT2D eigenvalue weighted by Gasteiger charge is -2.08. The predicted octanol–water partition coefficient (Wildman–Crippen LogP) is 4.32. The minimum Gasteiger partial charge on any atom is -0.324 e. The fourth-order valence-electron chi connectivity index (χ4n) is 2.30. The van der Waals surface area contributed by atoms with E-state index >= 15 is 0 Å². The maximum Gasteiger partial charge on any atom is 0.126 e. The van der Waals surface area contributed by atoms with Crippen LogP contribution in [0.2, 0.25) is 5.02 Å². The zero-order chi connectivity index (χ0) is 14.3. The van der Waals surface area contributed by atoms with E-state index < -0.39 is 11.6 Å². The van der Waals surface area contributed by atoms with Gasteiger partial charge in [0.2, 0.25) is 0 Å². The zero-order valence-electron chi connectivity index (χ0n) is 10.7. The molecule has 102 valence electrons. The minimum atomic E-state index is -0.583. The van der Waals surface area contributed by atoms with E-state index in [0.717, 1.165) is 22.9 Å². The summed E-state index contributed by atoms with van der Waals surface area (Å²) in [6.45, 7) is 2.20. The Hall–Kier alpha value is -1.94. The summed E-state index contributed by atoms with van der Waals surface area (Å²) in [5.74, 6) is -0.396. The molecular formula is C15H11ClF2N2. The van der Waals surface area contributed by atoms with E-state index in [-0.39, 0.29) is 0 Å². The molecule has 0 aliphatic rings. The lowest BCUT2D eigenvalue weighted by atomic mass is 10.2. The van der Waals surface area contributed by atoms with E-state index in [0.29, 0.717) is 17.1 Å². The van der Waals surface area contributed by atoms with Crippen molar-refractivity contribution in [1.29, 1.82) is 0 Å². The molecule has 0 saturated carbocycles. The Morgan fingerprint density at radius 2 is 1.80 bits per heavy atom. The average molecular weight is 293 g/mol. The summed E-state index contributed by atoms with van der Waals surface area (Å²) in [7, 11) is 0. The van der Waals surface area contributed by atoms with Crippen molar-refractivity contribution < 1.29 is 8.78 Å². The highest BCUT2D eigenvalue weighted by Gasteiger charge is 2.09. The topological polar surface area (TPSA) is 17.8 Å². The second kappa shape index (κ2) is 4.87. The van der Waals surface area contributed by atoms with Crippen LogP contribution < -0.4 is 0 Å². The molecule has 2 aromatic carbocycles. The highest BCUT2D eigenvalue weighted by Crippen LogP contribution is 2.22. The average Bonchev–Trinajstić information content (AvgIpc) is 2.65. The van der Waals surface area contributed by atoms with Crippen molar-refractivity contribution >= 4 is 22.6 Å². The number of rotatable bonds is 2. The van der Waals surface area contributed by atoms with E-state index in [2.05, 4.69) is 4.98 Å². The summed E-state index contributed by atoms with van der Waals surface area (Å²) >= 11 is 5.99. The first-order valence-electron chi connectivity index (χ1n) is 6.10. The standard InChI is InChI=1S/C15H11ClF2N2/c1-9-19-14-3-2-11(16)6-15(14)20(9)8-10-4-12(17)7-13(18)5-10/h2-7H,8H2,1H3. The predicted molar refractivity (Wildman–Crippen MR) is 74.9 cm³/mol. The van der Waals surface area contributed by atoms with Gasteiger partial charge in [-0.25, -0.2) is 13.8 Å². The van der Waals surface area contributed by atoms with Gasteiger partial charge in [0, 0.05) is 17.6 Å². The number of aromatic nitrogens is 2. The van der Waals surface area contributed by atoms with E-state index in [4.69, 9.17) is 11.6 Å². The van der Waals surface area contributed by atoms with Crippen molar-refractivity contribution in [2.75, 3.05) is 0 Å². The quantitative estimate of drug-likeness (QED) is 0.687. The highest BCUT2D eigenvalue weighted by atomic mass is 35.5. The Bertz CT molecular complexity index is 776. The molecule has 1 aromatic heterocycles. The molecule has 2 nitrogen and oxygen atoms in total. The second-order valence-corrected chi connectivity index (χ2v) is 5.09. The molecule has 0 N–H and O–H groups in total. The summed E-state index contributed by atoms with van der Waals surface area (Å²) in [6, 6.07) is 8.89. The second-order valence-electron chi connectivity index (χ2n) is 4.66. The Labute approximate surface area is 119 Å². The summed E-state index contributed by atoms with van der Waals surface area (Å²) in [5, 5.41) is 0.601. The number of aryl methyl sites for hydroxylation is 1. The third kappa shape index (κ3) is 2.39. The van der Waals surface area contributed by atoms with Crippen LogP contribution >= 0.6 is 11.6 Å². The van der Waals surface area contributed by atoms with E-state index in [1.54, 1.807) is 12.1 Å². The van der Waals surface area contributed by atoms with Gasteiger partial charge in [0.25, 0.3) is 0 Å². The van der Waals surface area contributed by atoms with Crippen LogP contribution in [0.5, 0.6) is 0 Å². The largest absolute Gasteiger partial charge is 0.324 e. The zero-order valence-corrected chi connectivity index (χ0v) is 11.5. The molecule has 5 heteroatoms. The first kappa shape index (κ1) is 13.1. The normalized spacial score (nSPS) is 11.2. The van der Waals surface area contributed by atoms with Crippen LogP contribution in [0.15, 0.2) is 36.4 Å². The van der Waals surface area contributed by atoms with E-state index in [9.17, 15) is 8.78 Å². The van der Waals surface area contributed by atoms with Crippen molar-refractivity contribution in [3.8, 4) is 0 Å². The van der Waals surface area contributed by atoms with Gasteiger partial charge in [-0.1, -0.05) is 11.6 Å². The van der Waals surface area contributed by atoms with Crippen LogP contribution in [0.1, 0.15) is 11.4 Å². The lowest BCUT2D eigenvalue weighted by molar-refractivity contribution is 0.577. The molecule has 0 atom stereocenters. The number of hydrogen-bond donors (Lipinski definition) is 0. The number of fused-ring (bicyclic) bond motifs is 1. The molecule has 0 unspecified atom stereocenters. The SMILES string of the molecule is Cc1nc2ccc(Cl)cc2n1Cc1cc(F)cc(F)c1. The third-order valence-electron chi connectivity index (χ3n) is 3.16. The molecular weight excluding hydrogens is 282 g/mol. The van der Waals surface area contributed by atoms with Gasteiger partial charge in [0.15, 0.2) is 0 Å². The number of hydrogen-bond acceptors (Lipinski definition) is 1. The van der Waals surface area contributed by atoms with E-state index in [1.165, 1.54) is 12.1 Å². The minimum absolute atomic E-state index is 0.345. The Kier molecular flexibility index (Phi) is 3.18. The van der Waals surface area contributed by atoms with Gasteiger partial charge >= 0.3 is 0 Å².